The van der Waals surface area contributed by atoms with E-state index in [0.29, 0.717) is 6.42 Å². The lowest BCUT2D eigenvalue weighted by Gasteiger charge is -1.96. The van der Waals surface area contributed by atoms with E-state index in [1.165, 1.54) is 4.88 Å². The van der Waals surface area contributed by atoms with Crippen LogP contribution in [0, 0.1) is 6.92 Å². The van der Waals surface area contributed by atoms with Crippen molar-refractivity contribution >= 4 is 23.5 Å². The normalized spacial score (nSPS) is 10.8. The molecule has 1 rings (SSSR count). The van der Waals surface area contributed by atoms with Gasteiger partial charge in [0.2, 0.25) is 5.91 Å². The number of rotatable bonds is 5. The van der Waals surface area contributed by atoms with Crippen molar-refractivity contribution in [1.82, 2.24) is 5.43 Å². The van der Waals surface area contributed by atoms with Gasteiger partial charge in [-0.2, -0.15) is 5.10 Å². The smallest absolute Gasteiger partial charge is 0.240 e. The second kappa shape index (κ2) is 6.35. The third-order valence-corrected chi connectivity index (χ3v) is 2.83. The number of hydrogen-bond donors (Lipinski definition) is 1. The Morgan fingerprint density at radius 1 is 1.60 bits per heavy atom. The van der Waals surface area contributed by atoms with E-state index >= 15 is 0 Å². The van der Waals surface area contributed by atoms with Gasteiger partial charge >= 0.3 is 0 Å². The van der Waals surface area contributed by atoms with Crippen molar-refractivity contribution in [3.63, 3.8) is 0 Å². The van der Waals surface area contributed by atoms with E-state index in [4.69, 9.17) is 0 Å². The molecule has 4 heteroatoms. The maximum Gasteiger partial charge on any atom is 0.240 e. The molecule has 0 atom stereocenters. The molecule has 3 nitrogen and oxygen atoms in total. The zero-order chi connectivity index (χ0) is 11.1. The first-order valence-corrected chi connectivity index (χ1v) is 5.92. The van der Waals surface area contributed by atoms with Gasteiger partial charge in [0.1, 0.15) is 0 Å². The molecule has 1 heterocycles. The Balaban J connectivity index is 2.30. The van der Waals surface area contributed by atoms with Crippen LogP contribution in [0.3, 0.4) is 0 Å². The molecule has 1 aromatic rings. The standard InChI is InChI=1S/C11H16N2OS/c1-3-4-5-11(14)13-12-8-10-7-6-9(2)15-10/h6-8H,3-5H2,1-2H3,(H,13,14). The monoisotopic (exact) mass is 224 g/mol. The van der Waals surface area contributed by atoms with Crippen molar-refractivity contribution < 1.29 is 4.79 Å². The number of hydrogen-bond acceptors (Lipinski definition) is 3. The Bertz CT molecular complexity index is 344. The van der Waals surface area contributed by atoms with E-state index in [1.807, 2.05) is 19.1 Å². The Labute approximate surface area is 94.2 Å². The summed E-state index contributed by atoms with van der Waals surface area (Å²) in [6, 6.07) is 4.02. The van der Waals surface area contributed by atoms with Gasteiger partial charge in [-0.15, -0.1) is 11.3 Å². The number of nitrogens with zero attached hydrogens (tertiary/aromatic N) is 1. The zero-order valence-electron chi connectivity index (χ0n) is 9.12. The number of carbonyl (C=O) groups is 1. The van der Waals surface area contributed by atoms with Gasteiger partial charge in [-0.25, -0.2) is 5.43 Å². The highest BCUT2D eigenvalue weighted by molar-refractivity contribution is 7.13. The lowest BCUT2D eigenvalue weighted by Crippen LogP contribution is -2.16. The number of amides is 1. The molecule has 0 saturated carbocycles. The van der Waals surface area contributed by atoms with Crippen LogP contribution in [-0.2, 0) is 4.79 Å². The van der Waals surface area contributed by atoms with Crippen LogP contribution in [0.2, 0.25) is 0 Å². The molecule has 0 aliphatic heterocycles. The number of hydrazone groups is 1. The van der Waals surface area contributed by atoms with Gasteiger partial charge in [0.05, 0.1) is 6.21 Å². The molecule has 0 bridgehead atoms. The van der Waals surface area contributed by atoms with Crippen LogP contribution in [0.1, 0.15) is 35.9 Å². The molecule has 0 aliphatic carbocycles. The largest absolute Gasteiger partial charge is 0.273 e. The molecule has 0 saturated heterocycles. The van der Waals surface area contributed by atoms with Crippen molar-refractivity contribution in [2.75, 3.05) is 0 Å². The second-order valence-corrected chi connectivity index (χ2v) is 4.66. The van der Waals surface area contributed by atoms with E-state index in [2.05, 4.69) is 17.5 Å². The average molecular weight is 224 g/mol. The Kier molecular flexibility index (Phi) is 5.04. The van der Waals surface area contributed by atoms with Crippen LogP contribution in [0.4, 0.5) is 0 Å². The fourth-order valence-corrected chi connectivity index (χ4v) is 1.83. The Morgan fingerprint density at radius 3 is 3.00 bits per heavy atom. The molecule has 0 radical (unpaired) electrons. The number of unbranched alkanes of at least 4 members (excludes halogenated alkanes) is 1. The van der Waals surface area contributed by atoms with Crippen LogP contribution in [-0.4, -0.2) is 12.1 Å². The first-order valence-electron chi connectivity index (χ1n) is 5.10. The maximum atomic E-state index is 11.2. The molecule has 15 heavy (non-hydrogen) atoms. The van der Waals surface area contributed by atoms with Crippen molar-refractivity contribution in [3.05, 3.63) is 21.9 Å². The molecule has 0 spiro atoms. The molecule has 1 N–H and O–H groups in total. The first-order chi connectivity index (χ1) is 7.22. The maximum absolute atomic E-state index is 11.2. The van der Waals surface area contributed by atoms with Crippen LogP contribution < -0.4 is 5.43 Å². The van der Waals surface area contributed by atoms with E-state index < -0.39 is 0 Å². The molecule has 1 aromatic heterocycles. The summed E-state index contributed by atoms with van der Waals surface area (Å²) in [7, 11) is 0. The molecule has 0 fully saturated rings. The van der Waals surface area contributed by atoms with E-state index in [-0.39, 0.29) is 5.91 Å². The van der Waals surface area contributed by atoms with Crippen molar-refractivity contribution in [1.29, 1.82) is 0 Å². The van der Waals surface area contributed by atoms with Gasteiger partial charge in [0.25, 0.3) is 0 Å². The summed E-state index contributed by atoms with van der Waals surface area (Å²) in [6.45, 7) is 4.10. The predicted molar refractivity (Wildman–Crippen MR) is 64.3 cm³/mol. The topological polar surface area (TPSA) is 41.5 Å². The summed E-state index contributed by atoms with van der Waals surface area (Å²) in [4.78, 5) is 13.5. The van der Waals surface area contributed by atoms with E-state index in [1.54, 1.807) is 17.6 Å². The molecular formula is C11H16N2OS. The highest BCUT2D eigenvalue weighted by atomic mass is 32.1. The Hall–Kier alpha value is -1.16. The predicted octanol–water partition coefficient (Wildman–Crippen LogP) is 2.70. The average Bonchev–Trinajstić information content (AvgIpc) is 2.61. The summed E-state index contributed by atoms with van der Waals surface area (Å²) in [6.07, 6.45) is 4.18. The summed E-state index contributed by atoms with van der Waals surface area (Å²) < 4.78 is 0. The Morgan fingerprint density at radius 2 is 2.40 bits per heavy atom. The highest BCUT2D eigenvalue weighted by Crippen LogP contribution is 2.12. The number of aryl methyl sites for hydroxylation is 1. The van der Waals surface area contributed by atoms with Crippen molar-refractivity contribution in [2.45, 2.75) is 33.1 Å². The molecule has 0 aromatic carbocycles. The third-order valence-electron chi connectivity index (χ3n) is 1.90. The van der Waals surface area contributed by atoms with E-state index in [0.717, 1.165) is 17.7 Å². The summed E-state index contributed by atoms with van der Waals surface area (Å²) in [5.41, 5.74) is 2.51. The van der Waals surface area contributed by atoms with Crippen molar-refractivity contribution in [3.8, 4) is 0 Å². The highest BCUT2D eigenvalue weighted by Gasteiger charge is 1.97. The fraction of sp³-hybridized carbons (Fsp3) is 0.455. The van der Waals surface area contributed by atoms with Gasteiger partial charge in [-0.1, -0.05) is 13.3 Å². The second-order valence-electron chi connectivity index (χ2n) is 3.35. The first kappa shape index (κ1) is 11.9. The number of carbonyl (C=O) groups excluding carboxylic acids is 1. The van der Waals surface area contributed by atoms with Gasteiger partial charge in [-0.3, -0.25) is 4.79 Å². The van der Waals surface area contributed by atoms with Gasteiger partial charge < -0.3 is 0 Å². The van der Waals surface area contributed by atoms with Crippen LogP contribution >= 0.6 is 11.3 Å². The third kappa shape index (κ3) is 4.74. The number of thiophene rings is 1. The molecule has 0 aliphatic rings. The summed E-state index contributed by atoms with van der Waals surface area (Å²) in [5, 5.41) is 3.89. The van der Waals surface area contributed by atoms with Gasteiger partial charge in [0, 0.05) is 16.2 Å². The summed E-state index contributed by atoms with van der Waals surface area (Å²) >= 11 is 1.66. The summed E-state index contributed by atoms with van der Waals surface area (Å²) in [5.74, 6) is -0.0126. The number of nitrogens with one attached hydrogen (secondary N) is 1. The van der Waals surface area contributed by atoms with Crippen LogP contribution in [0.15, 0.2) is 17.2 Å². The molecule has 0 unspecified atom stereocenters. The minimum atomic E-state index is -0.0126. The SMILES string of the molecule is CCCCC(=O)NN=Cc1ccc(C)s1. The minimum Gasteiger partial charge on any atom is -0.273 e. The quantitative estimate of drug-likeness (QED) is 0.606. The zero-order valence-corrected chi connectivity index (χ0v) is 9.93. The van der Waals surface area contributed by atoms with Crippen molar-refractivity contribution in [2.24, 2.45) is 5.10 Å². The molecule has 1 amide bonds. The van der Waals surface area contributed by atoms with Crippen LogP contribution in [0.5, 0.6) is 0 Å². The lowest BCUT2D eigenvalue weighted by atomic mass is 10.2. The fourth-order valence-electron chi connectivity index (χ4n) is 1.08. The van der Waals surface area contributed by atoms with E-state index in [9.17, 15) is 4.79 Å². The molecule has 82 valence electrons. The lowest BCUT2D eigenvalue weighted by molar-refractivity contribution is -0.121. The van der Waals surface area contributed by atoms with Gasteiger partial charge in [0.15, 0.2) is 0 Å². The minimum absolute atomic E-state index is 0.0126. The molecular weight excluding hydrogens is 208 g/mol. The van der Waals surface area contributed by atoms with Gasteiger partial charge in [-0.05, 0) is 25.5 Å². The van der Waals surface area contributed by atoms with Crippen LogP contribution in [0.25, 0.3) is 0 Å².